The Kier molecular flexibility index (Phi) is 5.64. The van der Waals surface area contributed by atoms with Crippen LogP contribution in [-0.4, -0.2) is 33.9 Å². The molecular formula is C21H23FN4OS. The second-order valence-corrected chi connectivity index (χ2v) is 8.10. The fourth-order valence-corrected chi connectivity index (χ4v) is 4.29. The Morgan fingerprint density at radius 1 is 1.18 bits per heavy atom. The number of amides is 1. The predicted octanol–water partition coefficient (Wildman–Crippen LogP) is 4.77. The first-order valence-electron chi connectivity index (χ1n) is 9.63. The van der Waals surface area contributed by atoms with Crippen LogP contribution in [0.25, 0.3) is 10.9 Å². The summed E-state index contributed by atoms with van der Waals surface area (Å²) >= 11 is 1.44. The van der Waals surface area contributed by atoms with Gasteiger partial charge in [0.1, 0.15) is 5.82 Å². The van der Waals surface area contributed by atoms with Gasteiger partial charge in [-0.15, -0.1) is 11.3 Å². The third kappa shape index (κ3) is 4.36. The number of halogens is 1. The van der Waals surface area contributed by atoms with Crippen LogP contribution in [0.3, 0.4) is 0 Å². The fraction of sp³-hybridized carbons (Fsp3) is 0.381. The number of rotatable bonds is 4. The number of nitrogens with zero attached hydrogens (tertiary/aromatic N) is 3. The van der Waals surface area contributed by atoms with E-state index in [0.717, 1.165) is 30.7 Å². The number of nitrogens with one attached hydrogen (secondary N) is 1. The first-order valence-corrected chi connectivity index (χ1v) is 10.5. The molecule has 7 heteroatoms. The van der Waals surface area contributed by atoms with Crippen LogP contribution in [0.4, 0.5) is 9.52 Å². The molecule has 1 amide bonds. The molecule has 1 N–H and O–H groups in total. The molecule has 1 saturated heterocycles. The molecule has 1 aliphatic heterocycles. The SMILES string of the molecule is Cc1nc2cc(F)ccc2cc1C(=O)Nc1nc(CN2CCCCCC2)cs1. The molecule has 0 atom stereocenters. The average Bonchev–Trinajstić information content (AvgIpc) is 2.93. The van der Waals surface area contributed by atoms with E-state index in [1.165, 1.54) is 49.2 Å². The minimum absolute atomic E-state index is 0.244. The summed E-state index contributed by atoms with van der Waals surface area (Å²) in [5, 5.41) is 6.22. The van der Waals surface area contributed by atoms with Crippen molar-refractivity contribution in [2.75, 3.05) is 18.4 Å². The summed E-state index contributed by atoms with van der Waals surface area (Å²) in [7, 11) is 0. The molecule has 0 spiro atoms. The fourth-order valence-electron chi connectivity index (χ4n) is 3.59. The zero-order valence-corrected chi connectivity index (χ0v) is 16.7. The Hall–Kier alpha value is -2.38. The van der Waals surface area contributed by atoms with E-state index in [2.05, 4.69) is 20.2 Å². The van der Waals surface area contributed by atoms with Gasteiger partial charge in [0, 0.05) is 23.4 Å². The molecule has 0 aliphatic carbocycles. The van der Waals surface area contributed by atoms with E-state index >= 15 is 0 Å². The Bertz CT molecular complexity index is 995. The molecule has 4 rings (SSSR count). The van der Waals surface area contributed by atoms with Gasteiger partial charge in [-0.3, -0.25) is 20.0 Å². The van der Waals surface area contributed by atoms with Crippen LogP contribution in [0, 0.1) is 12.7 Å². The van der Waals surface area contributed by atoms with Crippen LogP contribution in [0.5, 0.6) is 0 Å². The van der Waals surface area contributed by atoms with Gasteiger partial charge in [0.25, 0.3) is 5.91 Å². The van der Waals surface area contributed by atoms with Crippen LogP contribution in [0.1, 0.15) is 47.4 Å². The standard InChI is InChI=1S/C21H23FN4OS/c1-14-18(10-15-6-7-16(22)11-19(15)23-14)20(27)25-21-24-17(13-28-21)12-26-8-4-2-3-5-9-26/h6-7,10-11,13H,2-5,8-9,12H2,1H3,(H,24,25,27). The van der Waals surface area contributed by atoms with E-state index < -0.39 is 0 Å². The normalized spacial score (nSPS) is 15.5. The highest BCUT2D eigenvalue weighted by molar-refractivity contribution is 7.14. The van der Waals surface area contributed by atoms with Gasteiger partial charge in [0.15, 0.2) is 5.13 Å². The predicted molar refractivity (Wildman–Crippen MR) is 110 cm³/mol. The summed E-state index contributed by atoms with van der Waals surface area (Å²) in [6.45, 7) is 4.81. The summed E-state index contributed by atoms with van der Waals surface area (Å²) in [5.74, 6) is -0.580. The summed E-state index contributed by atoms with van der Waals surface area (Å²) in [4.78, 5) is 24.1. The topological polar surface area (TPSA) is 58.1 Å². The molecule has 0 saturated carbocycles. The molecule has 3 heterocycles. The molecule has 2 aromatic heterocycles. The van der Waals surface area contributed by atoms with Gasteiger partial charge in [-0.1, -0.05) is 12.8 Å². The van der Waals surface area contributed by atoms with E-state index in [1.807, 2.05) is 5.38 Å². The van der Waals surface area contributed by atoms with Crippen molar-refractivity contribution >= 4 is 33.3 Å². The number of benzene rings is 1. The Morgan fingerprint density at radius 3 is 2.75 bits per heavy atom. The number of anilines is 1. The lowest BCUT2D eigenvalue weighted by molar-refractivity contribution is 0.102. The Balaban J connectivity index is 1.46. The lowest BCUT2D eigenvalue weighted by atomic mass is 10.1. The van der Waals surface area contributed by atoms with Crippen LogP contribution < -0.4 is 5.32 Å². The van der Waals surface area contributed by atoms with Crippen molar-refractivity contribution in [3.8, 4) is 0 Å². The van der Waals surface area contributed by atoms with Crippen LogP contribution in [0.2, 0.25) is 0 Å². The van der Waals surface area contributed by atoms with Crippen molar-refractivity contribution < 1.29 is 9.18 Å². The number of carbonyl (C=O) groups excluding carboxylic acids is 1. The van der Waals surface area contributed by atoms with Crippen LogP contribution in [-0.2, 0) is 6.54 Å². The minimum atomic E-state index is -0.337. The number of aromatic nitrogens is 2. The number of hydrogen-bond donors (Lipinski definition) is 1. The van der Waals surface area contributed by atoms with Crippen molar-refractivity contribution in [1.82, 2.24) is 14.9 Å². The van der Waals surface area contributed by atoms with E-state index in [-0.39, 0.29) is 11.7 Å². The second kappa shape index (κ2) is 8.32. The highest BCUT2D eigenvalue weighted by Crippen LogP contribution is 2.22. The third-order valence-corrected chi connectivity index (χ3v) is 5.88. The summed E-state index contributed by atoms with van der Waals surface area (Å²) in [5.41, 5.74) is 2.58. The lowest BCUT2D eigenvalue weighted by Crippen LogP contribution is -2.24. The zero-order valence-electron chi connectivity index (χ0n) is 15.9. The van der Waals surface area contributed by atoms with E-state index in [0.29, 0.717) is 21.9 Å². The summed E-state index contributed by atoms with van der Waals surface area (Å²) in [6.07, 6.45) is 5.10. The third-order valence-electron chi connectivity index (χ3n) is 5.07. The molecule has 0 unspecified atom stereocenters. The van der Waals surface area contributed by atoms with Gasteiger partial charge in [-0.05, 0) is 51.1 Å². The van der Waals surface area contributed by atoms with Crippen molar-refractivity contribution in [2.45, 2.75) is 39.2 Å². The molecule has 3 aromatic rings. The maximum atomic E-state index is 13.4. The first kappa shape index (κ1) is 19.0. The molecule has 1 aliphatic rings. The number of hydrogen-bond acceptors (Lipinski definition) is 5. The van der Waals surface area contributed by atoms with Gasteiger partial charge in [-0.25, -0.2) is 9.37 Å². The minimum Gasteiger partial charge on any atom is -0.298 e. The van der Waals surface area contributed by atoms with Gasteiger partial charge in [0.2, 0.25) is 0 Å². The highest BCUT2D eigenvalue weighted by Gasteiger charge is 2.15. The van der Waals surface area contributed by atoms with Crippen molar-refractivity contribution in [2.24, 2.45) is 0 Å². The zero-order chi connectivity index (χ0) is 19.5. The summed E-state index contributed by atoms with van der Waals surface area (Å²) < 4.78 is 13.4. The van der Waals surface area contributed by atoms with E-state index in [9.17, 15) is 9.18 Å². The summed E-state index contributed by atoms with van der Waals surface area (Å²) in [6, 6.07) is 6.13. The van der Waals surface area contributed by atoms with Gasteiger partial charge in [0.05, 0.1) is 22.5 Å². The monoisotopic (exact) mass is 398 g/mol. The van der Waals surface area contributed by atoms with Crippen molar-refractivity contribution in [1.29, 1.82) is 0 Å². The molecular weight excluding hydrogens is 375 g/mol. The number of carbonyl (C=O) groups is 1. The Labute approximate surface area is 167 Å². The molecule has 0 bridgehead atoms. The quantitative estimate of drug-likeness (QED) is 0.688. The number of pyridine rings is 1. The lowest BCUT2D eigenvalue weighted by Gasteiger charge is -2.17. The van der Waals surface area contributed by atoms with E-state index in [4.69, 9.17) is 0 Å². The first-order chi connectivity index (χ1) is 13.6. The smallest absolute Gasteiger partial charge is 0.259 e. The largest absolute Gasteiger partial charge is 0.298 e. The number of thiazole rings is 1. The van der Waals surface area contributed by atoms with Crippen molar-refractivity contribution in [3.63, 3.8) is 0 Å². The molecule has 0 radical (unpaired) electrons. The highest BCUT2D eigenvalue weighted by atomic mass is 32.1. The van der Waals surface area contributed by atoms with Crippen LogP contribution in [0.15, 0.2) is 29.6 Å². The average molecular weight is 399 g/mol. The van der Waals surface area contributed by atoms with Crippen LogP contribution >= 0.6 is 11.3 Å². The number of aryl methyl sites for hydroxylation is 1. The van der Waals surface area contributed by atoms with E-state index in [1.54, 1.807) is 19.1 Å². The van der Waals surface area contributed by atoms with Gasteiger partial charge in [-0.2, -0.15) is 0 Å². The van der Waals surface area contributed by atoms with Gasteiger partial charge < -0.3 is 0 Å². The number of likely N-dealkylation sites (tertiary alicyclic amines) is 1. The maximum absolute atomic E-state index is 13.4. The molecule has 1 aromatic carbocycles. The number of fused-ring (bicyclic) bond motifs is 1. The second-order valence-electron chi connectivity index (χ2n) is 7.25. The van der Waals surface area contributed by atoms with Crippen molar-refractivity contribution in [3.05, 3.63) is 52.4 Å². The maximum Gasteiger partial charge on any atom is 0.259 e. The molecule has 1 fully saturated rings. The molecule has 146 valence electrons. The van der Waals surface area contributed by atoms with Gasteiger partial charge >= 0.3 is 0 Å². The molecule has 5 nitrogen and oxygen atoms in total. The molecule has 28 heavy (non-hydrogen) atoms. The Morgan fingerprint density at radius 2 is 1.96 bits per heavy atom.